The Kier molecular flexibility index (Phi) is 6.38. The lowest BCUT2D eigenvalue weighted by Gasteiger charge is -2.12. The number of H-pyrrole nitrogens is 1. The Balaban J connectivity index is 1.72. The maximum absolute atomic E-state index is 12.3. The number of methoxy groups -OCH3 is 1. The van der Waals surface area contributed by atoms with Crippen molar-refractivity contribution in [2.45, 2.75) is 24.6 Å². The number of phenols is 1. The van der Waals surface area contributed by atoms with Crippen molar-refractivity contribution in [1.29, 1.82) is 0 Å². The van der Waals surface area contributed by atoms with Crippen LogP contribution in [0.3, 0.4) is 0 Å². The van der Waals surface area contributed by atoms with Crippen LogP contribution in [0.4, 0.5) is 0 Å². The van der Waals surface area contributed by atoms with Gasteiger partial charge in [0.2, 0.25) is 0 Å². The van der Waals surface area contributed by atoms with Gasteiger partial charge in [0.25, 0.3) is 5.56 Å². The Bertz CT molecular complexity index is 985. The number of benzene rings is 2. The molecule has 1 heterocycles. The summed E-state index contributed by atoms with van der Waals surface area (Å²) >= 11 is 1.30. The van der Waals surface area contributed by atoms with Gasteiger partial charge < -0.3 is 19.9 Å². The van der Waals surface area contributed by atoms with E-state index in [9.17, 15) is 15.0 Å². The lowest BCUT2D eigenvalue weighted by molar-refractivity contribution is 0.204. The second-order valence-corrected chi connectivity index (χ2v) is 7.39. The number of aromatic amines is 1. The van der Waals surface area contributed by atoms with Gasteiger partial charge in [-0.25, -0.2) is 4.98 Å². The van der Waals surface area contributed by atoms with Gasteiger partial charge >= 0.3 is 0 Å². The maximum Gasteiger partial charge on any atom is 0.254 e. The van der Waals surface area contributed by atoms with Crippen molar-refractivity contribution in [2.75, 3.05) is 12.9 Å². The molecule has 0 saturated carbocycles. The number of phenolic OH excluding ortho intramolecular Hbond substituents is 1. The first-order chi connectivity index (χ1) is 13.5. The van der Waals surface area contributed by atoms with E-state index in [1.165, 1.54) is 11.8 Å². The number of aromatic nitrogens is 2. The van der Waals surface area contributed by atoms with Crippen molar-refractivity contribution in [3.05, 3.63) is 81.3 Å². The Morgan fingerprint density at radius 3 is 2.46 bits per heavy atom. The Morgan fingerprint density at radius 1 is 1.14 bits per heavy atom. The summed E-state index contributed by atoms with van der Waals surface area (Å²) in [5.41, 5.74) is 2.77. The molecule has 1 aromatic heterocycles. The molecule has 3 aromatic rings. The summed E-state index contributed by atoms with van der Waals surface area (Å²) in [6.45, 7) is 1.74. The number of hydrogen-bond acceptors (Lipinski definition) is 6. The van der Waals surface area contributed by atoms with Crippen LogP contribution in [0, 0.1) is 6.92 Å². The summed E-state index contributed by atoms with van der Waals surface area (Å²) in [6.07, 6.45) is -0.201. The van der Waals surface area contributed by atoms with Crippen molar-refractivity contribution in [2.24, 2.45) is 0 Å². The van der Waals surface area contributed by atoms with E-state index < -0.39 is 6.10 Å². The molecule has 0 aliphatic rings. The van der Waals surface area contributed by atoms with E-state index in [2.05, 4.69) is 9.97 Å². The average Bonchev–Trinajstić information content (AvgIpc) is 2.71. The van der Waals surface area contributed by atoms with Crippen LogP contribution >= 0.6 is 11.8 Å². The molecule has 7 heteroatoms. The molecule has 0 amide bonds. The molecule has 0 fully saturated rings. The van der Waals surface area contributed by atoms with Gasteiger partial charge in [0.05, 0.1) is 18.9 Å². The van der Waals surface area contributed by atoms with Crippen LogP contribution in [0.5, 0.6) is 11.5 Å². The fourth-order valence-electron chi connectivity index (χ4n) is 2.68. The number of hydrogen-bond donors (Lipinski definition) is 3. The number of nitrogens with zero attached hydrogens (tertiary/aromatic N) is 1. The molecule has 0 radical (unpaired) electrons. The van der Waals surface area contributed by atoms with Gasteiger partial charge in [-0.15, -0.1) is 0 Å². The molecule has 0 saturated heterocycles. The molecule has 28 heavy (non-hydrogen) atoms. The predicted molar refractivity (Wildman–Crippen MR) is 109 cm³/mol. The van der Waals surface area contributed by atoms with E-state index in [4.69, 9.17) is 4.74 Å². The number of aliphatic hydroxyl groups excluding tert-OH is 1. The van der Waals surface area contributed by atoms with Gasteiger partial charge in [-0.3, -0.25) is 4.79 Å². The van der Waals surface area contributed by atoms with Crippen LogP contribution in [0.25, 0.3) is 0 Å². The third kappa shape index (κ3) is 4.94. The summed E-state index contributed by atoms with van der Waals surface area (Å²) < 4.78 is 5.12. The Labute approximate surface area is 167 Å². The summed E-state index contributed by atoms with van der Waals surface area (Å²) in [5.74, 6) is 1.28. The zero-order valence-corrected chi connectivity index (χ0v) is 16.5. The van der Waals surface area contributed by atoms with Crippen molar-refractivity contribution in [3.63, 3.8) is 0 Å². The highest BCUT2D eigenvalue weighted by atomic mass is 32.2. The standard InChI is InChI=1S/C21H22N2O4S/c1-13-18(11-14-3-7-16(24)8-4-14)22-21(23-20(13)26)28-12-19(25)15-5-9-17(27-2)10-6-15/h3-10,19,24-25H,11-12H2,1-2H3,(H,22,23,26). The van der Waals surface area contributed by atoms with E-state index >= 15 is 0 Å². The highest BCUT2D eigenvalue weighted by Crippen LogP contribution is 2.24. The third-order valence-corrected chi connectivity index (χ3v) is 5.37. The number of rotatable bonds is 7. The molecule has 1 atom stereocenters. The molecule has 0 aliphatic heterocycles. The van der Waals surface area contributed by atoms with E-state index in [1.54, 1.807) is 50.4 Å². The molecule has 3 N–H and O–H groups in total. The molecular formula is C21H22N2O4S. The van der Waals surface area contributed by atoms with Crippen molar-refractivity contribution in [1.82, 2.24) is 9.97 Å². The summed E-state index contributed by atoms with van der Waals surface area (Å²) in [6, 6.07) is 14.0. The van der Waals surface area contributed by atoms with Gasteiger partial charge in [0.15, 0.2) is 5.16 Å². The van der Waals surface area contributed by atoms with Gasteiger partial charge in [-0.2, -0.15) is 0 Å². The maximum atomic E-state index is 12.3. The number of aromatic hydroxyl groups is 1. The number of thioether (sulfide) groups is 1. The average molecular weight is 398 g/mol. The minimum absolute atomic E-state index is 0.190. The lowest BCUT2D eigenvalue weighted by Crippen LogP contribution is -2.16. The Hall–Kier alpha value is -2.77. The van der Waals surface area contributed by atoms with Crippen LogP contribution in [-0.2, 0) is 6.42 Å². The zero-order chi connectivity index (χ0) is 20.1. The molecule has 6 nitrogen and oxygen atoms in total. The first-order valence-electron chi connectivity index (χ1n) is 8.79. The fraction of sp³-hybridized carbons (Fsp3) is 0.238. The normalized spacial score (nSPS) is 12.0. The second kappa shape index (κ2) is 8.95. The molecule has 0 spiro atoms. The molecule has 2 aromatic carbocycles. The predicted octanol–water partition coefficient (Wildman–Crippen LogP) is 3.21. The summed E-state index contributed by atoms with van der Waals surface area (Å²) in [7, 11) is 1.59. The Morgan fingerprint density at radius 2 is 1.82 bits per heavy atom. The van der Waals surface area contributed by atoms with Crippen LogP contribution < -0.4 is 10.3 Å². The first kappa shape index (κ1) is 20.0. The monoisotopic (exact) mass is 398 g/mol. The molecule has 0 aliphatic carbocycles. The smallest absolute Gasteiger partial charge is 0.254 e. The summed E-state index contributed by atoms with van der Waals surface area (Å²) in [4.78, 5) is 19.6. The minimum Gasteiger partial charge on any atom is -0.508 e. The molecule has 0 bridgehead atoms. The molecule has 1 unspecified atom stereocenters. The minimum atomic E-state index is -0.692. The van der Waals surface area contributed by atoms with Crippen LogP contribution in [-0.4, -0.2) is 33.0 Å². The van der Waals surface area contributed by atoms with Crippen LogP contribution in [0.15, 0.2) is 58.5 Å². The third-order valence-electron chi connectivity index (χ3n) is 4.42. The van der Waals surface area contributed by atoms with Crippen molar-refractivity contribution in [3.8, 4) is 11.5 Å². The van der Waals surface area contributed by atoms with E-state index in [1.807, 2.05) is 12.1 Å². The van der Waals surface area contributed by atoms with Gasteiger partial charge in [-0.1, -0.05) is 36.0 Å². The highest BCUT2D eigenvalue weighted by Gasteiger charge is 2.13. The van der Waals surface area contributed by atoms with Gasteiger partial charge in [-0.05, 0) is 42.3 Å². The van der Waals surface area contributed by atoms with Crippen LogP contribution in [0.1, 0.15) is 28.5 Å². The number of ether oxygens (including phenoxy) is 1. The van der Waals surface area contributed by atoms with E-state index in [0.717, 1.165) is 16.9 Å². The largest absolute Gasteiger partial charge is 0.508 e. The second-order valence-electron chi connectivity index (χ2n) is 6.39. The topological polar surface area (TPSA) is 95.4 Å². The fourth-order valence-corrected chi connectivity index (χ4v) is 3.53. The molecule has 3 rings (SSSR count). The SMILES string of the molecule is COc1ccc(C(O)CSc2nc(Cc3ccc(O)cc3)c(C)c(=O)[nH]2)cc1. The zero-order valence-electron chi connectivity index (χ0n) is 15.7. The van der Waals surface area contributed by atoms with Crippen molar-refractivity contribution >= 4 is 11.8 Å². The van der Waals surface area contributed by atoms with E-state index in [-0.39, 0.29) is 11.3 Å². The van der Waals surface area contributed by atoms with Gasteiger partial charge in [0.1, 0.15) is 11.5 Å². The van der Waals surface area contributed by atoms with Crippen LogP contribution in [0.2, 0.25) is 0 Å². The number of aliphatic hydroxyl groups is 1. The lowest BCUT2D eigenvalue weighted by atomic mass is 10.1. The quantitative estimate of drug-likeness (QED) is 0.418. The number of nitrogens with one attached hydrogen (secondary N) is 1. The van der Waals surface area contributed by atoms with E-state index in [0.29, 0.717) is 28.6 Å². The first-order valence-corrected chi connectivity index (χ1v) is 9.77. The summed E-state index contributed by atoms with van der Waals surface area (Å²) in [5, 5.41) is 20.3. The molecular weight excluding hydrogens is 376 g/mol. The highest BCUT2D eigenvalue weighted by molar-refractivity contribution is 7.99. The van der Waals surface area contributed by atoms with Crippen molar-refractivity contribution < 1.29 is 14.9 Å². The molecule has 146 valence electrons. The van der Waals surface area contributed by atoms with Gasteiger partial charge in [0, 0.05) is 17.7 Å².